The van der Waals surface area contributed by atoms with E-state index >= 15 is 0 Å². The van der Waals surface area contributed by atoms with E-state index in [9.17, 15) is 10.2 Å². The van der Waals surface area contributed by atoms with Crippen LogP contribution in [0.3, 0.4) is 0 Å². The maximum absolute atomic E-state index is 9.45. The maximum Gasteiger partial charge on any atom is 0.170 e. The number of aromatic hydroxyl groups is 2. The van der Waals surface area contributed by atoms with Crippen LogP contribution in [0.15, 0.2) is 42.5 Å². The Hall–Kier alpha value is -2.47. The monoisotopic (exact) mass is 332 g/mol. The van der Waals surface area contributed by atoms with Crippen LogP contribution < -0.4 is 15.4 Å². The Bertz CT molecular complexity index is 659. The molecular weight excluding hydrogens is 312 g/mol. The molecule has 0 atom stereocenters. The second-order valence-corrected chi connectivity index (χ2v) is 5.32. The van der Waals surface area contributed by atoms with Gasteiger partial charge in [-0.3, -0.25) is 0 Å². The molecule has 2 aromatic carbocycles. The predicted molar refractivity (Wildman–Crippen MR) is 95.3 cm³/mol. The molecule has 0 aliphatic rings. The van der Waals surface area contributed by atoms with E-state index in [4.69, 9.17) is 17.0 Å². The first-order chi connectivity index (χ1) is 11.1. The lowest BCUT2D eigenvalue weighted by Crippen LogP contribution is -2.30. The van der Waals surface area contributed by atoms with Gasteiger partial charge in [0.05, 0.1) is 6.61 Å². The number of phenols is 2. The number of rotatable bonds is 6. The highest BCUT2D eigenvalue weighted by Crippen LogP contribution is 2.24. The Labute approximate surface area is 140 Å². The van der Waals surface area contributed by atoms with E-state index in [2.05, 4.69) is 10.6 Å². The minimum absolute atomic E-state index is 0.113. The van der Waals surface area contributed by atoms with Crippen molar-refractivity contribution in [3.05, 3.63) is 48.0 Å². The molecule has 23 heavy (non-hydrogen) atoms. The van der Waals surface area contributed by atoms with Gasteiger partial charge in [0, 0.05) is 12.2 Å². The van der Waals surface area contributed by atoms with Gasteiger partial charge in [-0.2, -0.15) is 0 Å². The Morgan fingerprint density at radius 2 is 1.83 bits per heavy atom. The molecule has 0 saturated heterocycles. The zero-order valence-corrected chi connectivity index (χ0v) is 13.7. The van der Waals surface area contributed by atoms with Gasteiger partial charge in [-0.1, -0.05) is 6.07 Å². The van der Waals surface area contributed by atoms with Crippen molar-refractivity contribution in [2.24, 2.45) is 0 Å². The Kier molecular flexibility index (Phi) is 6.05. The van der Waals surface area contributed by atoms with Gasteiger partial charge < -0.3 is 25.6 Å². The summed E-state index contributed by atoms with van der Waals surface area (Å²) in [7, 11) is 0. The number of hydrogen-bond acceptors (Lipinski definition) is 4. The quantitative estimate of drug-likeness (QED) is 0.481. The average Bonchev–Trinajstić information content (AvgIpc) is 2.53. The Morgan fingerprint density at radius 1 is 1.09 bits per heavy atom. The fourth-order valence-electron chi connectivity index (χ4n) is 2.02. The highest BCUT2D eigenvalue weighted by Gasteiger charge is 2.02. The topological polar surface area (TPSA) is 73.8 Å². The van der Waals surface area contributed by atoms with E-state index in [1.807, 2.05) is 31.2 Å². The summed E-state index contributed by atoms with van der Waals surface area (Å²) in [5, 5.41) is 25.4. The van der Waals surface area contributed by atoms with Crippen molar-refractivity contribution in [3.63, 3.8) is 0 Å². The standard InChI is InChI=1S/C17H20N2O3S/c1-2-22-14-6-4-13(5-7-14)19-17(23)18-10-9-12-3-8-15(20)16(21)11-12/h3-8,11,20-21H,2,9-10H2,1H3,(H2,18,19,23). The second-order valence-electron chi connectivity index (χ2n) is 4.91. The van der Waals surface area contributed by atoms with E-state index in [1.165, 1.54) is 6.07 Å². The molecule has 0 bridgehead atoms. The molecule has 0 aromatic heterocycles. The van der Waals surface area contributed by atoms with Crippen molar-refractivity contribution in [2.75, 3.05) is 18.5 Å². The minimum atomic E-state index is -0.116. The molecule has 0 fully saturated rings. The Balaban J connectivity index is 1.77. The van der Waals surface area contributed by atoms with E-state index in [0.29, 0.717) is 24.7 Å². The van der Waals surface area contributed by atoms with Crippen LogP contribution in [-0.2, 0) is 6.42 Å². The fourth-order valence-corrected chi connectivity index (χ4v) is 2.24. The third kappa shape index (κ3) is 5.34. The van der Waals surface area contributed by atoms with Gasteiger partial charge in [0.1, 0.15) is 5.75 Å². The van der Waals surface area contributed by atoms with Gasteiger partial charge >= 0.3 is 0 Å². The average molecular weight is 332 g/mol. The molecule has 6 heteroatoms. The fraction of sp³-hybridized carbons (Fsp3) is 0.235. The molecule has 0 aliphatic carbocycles. The summed E-state index contributed by atoms with van der Waals surface area (Å²) in [5.41, 5.74) is 1.80. The molecule has 0 saturated carbocycles. The zero-order chi connectivity index (χ0) is 16.7. The number of anilines is 1. The van der Waals surface area contributed by atoms with Crippen LogP contribution in [0.5, 0.6) is 17.2 Å². The number of nitrogens with one attached hydrogen (secondary N) is 2. The van der Waals surface area contributed by atoms with Crippen LogP contribution in [0.4, 0.5) is 5.69 Å². The molecule has 0 radical (unpaired) electrons. The molecule has 122 valence electrons. The highest BCUT2D eigenvalue weighted by molar-refractivity contribution is 7.80. The summed E-state index contributed by atoms with van der Waals surface area (Å²) in [6, 6.07) is 12.3. The number of thiocarbonyl (C=S) groups is 1. The number of benzene rings is 2. The molecule has 0 amide bonds. The molecule has 0 aliphatic heterocycles. The summed E-state index contributed by atoms with van der Waals surface area (Å²) in [6.45, 7) is 3.20. The van der Waals surface area contributed by atoms with Crippen molar-refractivity contribution in [2.45, 2.75) is 13.3 Å². The van der Waals surface area contributed by atoms with Crippen molar-refractivity contribution in [1.29, 1.82) is 0 Å². The normalized spacial score (nSPS) is 10.1. The lowest BCUT2D eigenvalue weighted by atomic mass is 10.1. The van der Waals surface area contributed by atoms with Crippen molar-refractivity contribution in [3.8, 4) is 17.2 Å². The summed E-state index contributed by atoms with van der Waals surface area (Å²) < 4.78 is 5.38. The van der Waals surface area contributed by atoms with Crippen LogP contribution in [0.1, 0.15) is 12.5 Å². The molecule has 4 N–H and O–H groups in total. The van der Waals surface area contributed by atoms with Gasteiger partial charge in [-0.05, 0) is 67.5 Å². The smallest absolute Gasteiger partial charge is 0.170 e. The van der Waals surface area contributed by atoms with E-state index in [-0.39, 0.29) is 11.5 Å². The number of phenolic OH excluding ortho intramolecular Hbond substituents is 2. The predicted octanol–water partition coefficient (Wildman–Crippen LogP) is 3.03. The lowest BCUT2D eigenvalue weighted by Gasteiger charge is -2.11. The van der Waals surface area contributed by atoms with Crippen LogP contribution in [0, 0.1) is 0 Å². The van der Waals surface area contributed by atoms with Crippen LogP contribution in [0.2, 0.25) is 0 Å². The van der Waals surface area contributed by atoms with Crippen molar-refractivity contribution >= 4 is 23.0 Å². The van der Waals surface area contributed by atoms with Crippen LogP contribution in [-0.4, -0.2) is 28.5 Å². The van der Waals surface area contributed by atoms with E-state index in [0.717, 1.165) is 17.0 Å². The van der Waals surface area contributed by atoms with Crippen molar-refractivity contribution < 1.29 is 14.9 Å². The van der Waals surface area contributed by atoms with Gasteiger partial charge in [0.15, 0.2) is 16.6 Å². The minimum Gasteiger partial charge on any atom is -0.504 e. The number of hydrogen-bond donors (Lipinski definition) is 4. The summed E-state index contributed by atoms with van der Waals surface area (Å²) >= 11 is 5.24. The van der Waals surface area contributed by atoms with Gasteiger partial charge in [0.25, 0.3) is 0 Å². The van der Waals surface area contributed by atoms with Gasteiger partial charge in [-0.15, -0.1) is 0 Å². The third-order valence-electron chi connectivity index (χ3n) is 3.16. The van der Waals surface area contributed by atoms with Gasteiger partial charge in [0.2, 0.25) is 0 Å². The first-order valence-electron chi connectivity index (χ1n) is 7.37. The molecular formula is C17H20N2O3S. The lowest BCUT2D eigenvalue weighted by molar-refractivity contribution is 0.340. The van der Waals surface area contributed by atoms with E-state index in [1.54, 1.807) is 12.1 Å². The van der Waals surface area contributed by atoms with Crippen LogP contribution in [0.25, 0.3) is 0 Å². The largest absolute Gasteiger partial charge is 0.504 e. The molecule has 2 aromatic rings. The first-order valence-corrected chi connectivity index (χ1v) is 7.78. The maximum atomic E-state index is 9.45. The van der Waals surface area contributed by atoms with Gasteiger partial charge in [-0.25, -0.2) is 0 Å². The molecule has 0 heterocycles. The summed E-state index contributed by atoms with van der Waals surface area (Å²) in [4.78, 5) is 0. The molecule has 5 nitrogen and oxygen atoms in total. The SMILES string of the molecule is CCOc1ccc(NC(=S)NCCc2ccc(O)c(O)c2)cc1. The molecule has 0 spiro atoms. The molecule has 2 rings (SSSR count). The zero-order valence-electron chi connectivity index (χ0n) is 12.9. The summed E-state index contributed by atoms with van der Waals surface area (Å²) in [6.07, 6.45) is 0.680. The Morgan fingerprint density at radius 3 is 2.48 bits per heavy atom. The number of ether oxygens (including phenoxy) is 1. The van der Waals surface area contributed by atoms with Crippen LogP contribution >= 0.6 is 12.2 Å². The van der Waals surface area contributed by atoms with E-state index < -0.39 is 0 Å². The first kappa shape index (κ1) is 16.9. The molecule has 0 unspecified atom stereocenters. The van der Waals surface area contributed by atoms with Crippen molar-refractivity contribution in [1.82, 2.24) is 5.32 Å². The second kappa shape index (κ2) is 8.24. The highest BCUT2D eigenvalue weighted by atomic mass is 32.1. The summed E-state index contributed by atoms with van der Waals surface area (Å²) in [5.74, 6) is 0.594. The third-order valence-corrected chi connectivity index (χ3v) is 3.41.